The van der Waals surface area contributed by atoms with Crippen LogP contribution in [0.5, 0.6) is 0 Å². The fourth-order valence-electron chi connectivity index (χ4n) is 0.662. The lowest BCUT2D eigenvalue weighted by Gasteiger charge is -2.01. The van der Waals surface area contributed by atoms with Gasteiger partial charge in [-0.2, -0.15) is 0 Å². The smallest absolute Gasteiger partial charge is 0.130 e. The van der Waals surface area contributed by atoms with E-state index in [-0.39, 0.29) is 0 Å². The maximum atomic E-state index is 5.68. The van der Waals surface area contributed by atoms with Crippen LogP contribution < -0.4 is 0 Å². The Labute approximate surface area is 73.6 Å². The summed E-state index contributed by atoms with van der Waals surface area (Å²) in [5, 5.41) is 0.537. The first-order chi connectivity index (χ1) is 4.61. The van der Waals surface area contributed by atoms with Gasteiger partial charge < -0.3 is 0 Å². The molecule has 0 aliphatic carbocycles. The summed E-state index contributed by atoms with van der Waals surface area (Å²) in [5.41, 5.74) is 2.11. The normalized spacial score (nSPS) is 10.0. The molecule has 0 radical (unpaired) electrons. The number of hydrogen-bond acceptors (Lipinski definition) is 1. The van der Waals surface area contributed by atoms with Crippen molar-refractivity contribution in [3.8, 4) is 0 Å². The molecule has 1 heterocycles. The predicted octanol–water partition coefficient (Wildman–Crippen LogP) is 3.11. The second-order valence-corrected chi connectivity index (χ2v) is 3.38. The SMILES string of the molecule is Cc1nc(Cl)cc(Br)c1C. The van der Waals surface area contributed by atoms with E-state index in [2.05, 4.69) is 20.9 Å². The first kappa shape index (κ1) is 8.02. The number of aryl methyl sites for hydroxylation is 1. The fraction of sp³-hybridized carbons (Fsp3) is 0.286. The molecule has 3 heteroatoms. The van der Waals surface area contributed by atoms with Gasteiger partial charge in [0.25, 0.3) is 0 Å². The van der Waals surface area contributed by atoms with Gasteiger partial charge in [0, 0.05) is 10.2 Å². The third-order valence-corrected chi connectivity index (χ3v) is 2.44. The summed E-state index contributed by atoms with van der Waals surface area (Å²) < 4.78 is 1.02. The second-order valence-electron chi connectivity index (χ2n) is 2.14. The van der Waals surface area contributed by atoms with Crippen LogP contribution in [0, 0.1) is 13.8 Å². The van der Waals surface area contributed by atoms with Gasteiger partial charge in [-0.15, -0.1) is 0 Å². The van der Waals surface area contributed by atoms with E-state index in [4.69, 9.17) is 11.6 Å². The zero-order chi connectivity index (χ0) is 7.72. The summed E-state index contributed by atoms with van der Waals surface area (Å²) in [5.74, 6) is 0. The quantitative estimate of drug-likeness (QED) is 0.612. The molecule has 0 saturated carbocycles. The zero-order valence-corrected chi connectivity index (χ0v) is 8.12. The second kappa shape index (κ2) is 2.89. The largest absolute Gasteiger partial charge is 0.241 e. The van der Waals surface area contributed by atoms with Crippen molar-refractivity contribution in [2.45, 2.75) is 13.8 Å². The van der Waals surface area contributed by atoms with Crippen molar-refractivity contribution in [2.24, 2.45) is 0 Å². The third kappa shape index (κ3) is 1.50. The molecule has 0 N–H and O–H groups in total. The molecule has 1 rings (SSSR count). The number of halogens is 2. The first-order valence-electron chi connectivity index (χ1n) is 2.90. The van der Waals surface area contributed by atoms with Crippen LogP contribution in [0.15, 0.2) is 10.5 Å². The van der Waals surface area contributed by atoms with Crippen LogP contribution in [0.2, 0.25) is 5.15 Å². The highest BCUT2D eigenvalue weighted by Gasteiger charge is 2.00. The van der Waals surface area contributed by atoms with Gasteiger partial charge >= 0.3 is 0 Å². The van der Waals surface area contributed by atoms with Gasteiger partial charge in [-0.25, -0.2) is 4.98 Å². The highest BCUT2D eigenvalue weighted by atomic mass is 79.9. The average Bonchev–Trinajstić information content (AvgIpc) is 1.82. The Morgan fingerprint density at radius 3 is 2.60 bits per heavy atom. The topological polar surface area (TPSA) is 12.9 Å². The van der Waals surface area contributed by atoms with E-state index in [1.165, 1.54) is 0 Å². The average molecular weight is 220 g/mol. The van der Waals surface area contributed by atoms with Crippen molar-refractivity contribution in [1.82, 2.24) is 4.98 Å². The number of rotatable bonds is 0. The van der Waals surface area contributed by atoms with E-state index in [1.807, 2.05) is 13.8 Å². The molecule has 1 aromatic heterocycles. The van der Waals surface area contributed by atoms with Crippen LogP contribution in [0.4, 0.5) is 0 Å². The lowest BCUT2D eigenvalue weighted by atomic mass is 10.2. The van der Waals surface area contributed by atoms with Gasteiger partial charge in [0.15, 0.2) is 0 Å². The third-order valence-electron chi connectivity index (χ3n) is 1.42. The molecule has 0 saturated heterocycles. The predicted molar refractivity (Wildman–Crippen MR) is 46.4 cm³/mol. The van der Waals surface area contributed by atoms with Crippen LogP contribution >= 0.6 is 27.5 Å². The standard InChI is InChI=1S/C7H7BrClN/c1-4-5(2)10-7(9)3-6(4)8/h3H,1-2H3. The van der Waals surface area contributed by atoms with Crippen molar-refractivity contribution < 1.29 is 0 Å². The summed E-state index contributed by atoms with van der Waals surface area (Å²) in [7, 11) is 0. The molecular weight excluding hydrogens is 213 g/mol. The van der Waals surface area contributed by atoms with E-state index in [0.717, 1.165) is 15.7 Å². The van der Waals surface area contributed by atoms with Crippen molar-refractivity contribution in [2.75, 3.05) is 0 Å². The Morgan fingerprint density at radius 2 is 2.10 bits per heavy atom. The highest BCUT2D eigenvalue weighted by molar-refractivity contribution is 9.10. The molecule has 0 atom stereocenters. The molecular formula is C7H7BrClN. The van der Waals surface area contributed by atoms with Crippen LogP contribution in [0.1, 0.15) is 11.3 Å². The van der Waals surface area contributed by atoms with Gasteiger partial charge in [0.1, 0.15) is 5.15 Å². The number of aromatic nitrogens is 1. The van der Waals surface area contributed by atoms with E-state index in [0.29, 0.717) is 5.15 Å². The lowest BCUT2D eigenvalue weighted by Crippen LogP contribution is -1.87. The van der Waals surface area contributed by atoms with Crippen LogP contribution in [0.25, 0.3) is 0 Å². The van der Waals surface area contributed by atoms with E-state index in [1.54, 1.807) is 6.07 Å². The zero-order valence-electron chi connectivity index (χ0n) is 5.78. The van der Waals surface area contributed by atoms with Gasteiger partial charge in [-0.05, 0) is 25.5 Å². The molecule has 0 unspecified atom stereocenters. The number of pyridine rings is 1. The molecule has 0 amide bonds. The Hall–Kier alpha value is -0.0800. The minimum atomic E-state index is 0.537. The minimum Gasteiger partial charge on any atom is -0.241 e. The van der Waals surface area contributed by atoms with Gasteiger partial charge in [0.05, 0.1) is 0 Å². The molecule has 10 heavy (non-hydrogen) atoms. The van der Waals surface area contributed by atoms with E-state index < -0.39 is 0 Å². The van der Waals surface area contributed by atoms with Crippen molar-refractivity contribution in [3.05, 3.63) is 26.9 Å². The van der Waals surface area contributed by atoms with Crippen LogP contribution in [0.3, 0.4) is 0 Å². The summed E-state index contributed by atoms with van der Waals surface area (Å²) in [6.07, 6.45) is 0. The maximum absolute atomic E-state index is 5.68. The molecule has 0 spiro atoms. The van der Waals surface area contributed by atoms with Crippen LogP contribution in [-0.2, 0) is 0 Å². The Kier molecular flexibility index (Phi) is 2.32. The molecule has 1 nitrogen and oxygen atoms in total. The van der Waals surface area contributed by atoms with E-state index in [9.17, 15) is 0 Å². The number of hydrogen-bond donors (Lipinski definition) is 0. The molecule has 0 aliphatic heterocycles. The minimum absolute atomic E-state index is 0.537. The molecule has 1 aromatic rings. The van der Waals surface area contributed by atoms with Gasteiger partial charge in [-0.1, -0.05) is 27.5 Å². The molecule has 0 bridgehead atoms. The Balaban J connectivity index is 3.31. The highest BCUT2D eigenvalue weighted by Crippen LogP contribution is 2.21. The van der Waals surface area contributed by atoms with Crippen molar-refractivity contribution in [1.29, 1.82) is 0 Å². The van der Waals surface area contributed by atoms with Crippen molar-refractivity contribution >= 4 is 27.5 Å². The summed E-state index contributed by atoms with van der Waals surface area (Å²) in [4.78, 5) is 4.07. The summed E-state index contributed by atoms with van der Waals surface area (Å²) in [6, 6.07) is 1.80. The molecule has 0 fully saturated rings. The molecule has 0 aliphatic rings. The lowest BCUT2D eigenvalue weighted by molar-refractivity contribution is 1.14. The van der Waals surface area contributed by atoms with E-state index >= 15 is 0 Å². The monoisotopic (exact) mass is 219 g/mol. The summed E-state index contributed by atoms with van der Waals surface area (Å²) in [6.45, 7) is 3.94. The van der Waals surface area contributed by atoms with Crippen LogP contribution in [-0.4, -0.2) is 4.98 Å². The maximum Gasteiger partial charge on any atom is 0.130 e. The molecule has 54 valence electrons. The van der Waals surface area contributed by atoms with Gasteiger partial charge in [0.2, 0.25) is 0 Å². The Morgan fingerprint density at radius 1 is 1.50 bits per heavy atom. The van der Waals surface area contributed by atoms with Crippen molar-refractivity contribution in [3.63, 3.8) is 0 Å². The molecule has 0 aromatic carbocycles. The first-order valence-corrected chi connectivity index (χ1v) is 4.07. The Bertz CT molecular complexity index is 237. The van der Waals surface area contributed by atoms with Gasteiger partial charge in [-0.3, -0.25) is 0 Å². The summed E-state index contributed by atoms with van der Waals surface area (Å²) >= 11 is 9.05. The number of nitrogens with zero attached hydrogens (tertiary/aromatic N) is 1. The fourth-order valence-corrected chi connectivity index (χ4v) is 1.53.